The summed E-state index contributed by atoms with van der Waals surface area (Å²) in [5, 5.41) is 10.7. The normalized spacial score (nSPS) is 10.2. The summed E-state index contributed by atoms with van der Waals surface area (Å²) in [6.07, 6.45) is 0. The average Bonchev–Trinajstić information content (AvgIpc) is 2.80. The van der Waals surface area contributed by atoms with Crippen molar-refractivity contribution in [1.82, 2.24) is 4.98 Å². The maximum atomic E-state index is 12.9. The van der Waals surface area contributed by atoms with E-state index in [1.807, 2.05) is 0 Å². The third-order valence-electron chi connectivity index (χ3n) is 2.03. The monoisotopic (exact) mass is 253 g/mol. The Morgan fingerprint density at radius 3 is 3.00 bits per heavy atom. The lowest BCUT2D eigenvalue weighted by atomic mass is 10.2. The van der Waals surface area contributed by atoms with Gasteiger partial charge < -0.3 is 9.84 Å². The quantitative estimate of drug-likeness (QED) is 0.909. The van der Waals surface area contributed by atoms with E-state index in [2.05, 4.69) is 4.98 Å². The Morgan fingerprint density at radius 2 is 2.35 bits per heavy atom. The number of benzene rings is 1. The van der Waals surface area contributed by atoms with Crippen LogP contribution in [0.1, 0.15) is 16.1 Å². The average molecular weight is 253 g/mol. The van der Waals surface area contributed by atoms with E-state index < -0.39 is 11.8 Å². The summed E-state index contributed by atoms with van der Waals surface area (Å²) in [6, 6.07) is 3.38. The van der Waals surface area contributed by atoms with Gasteiger partial charge in [-0.05, 0) is 18.2 Å². The van der Waals surface area contributed by atoms with Crippen LogP contribution in [0.25, 0.3) is 0 Å². The number of carbonyl (C=O) groups is 1. The minimum absolute atomic E-state index is 0.131. The third-order valence-corrected chi connectivity index (χ3v) is 2.67. The molecule has 2 rings (SSSR count). The third kappa shape index (κ3) is 2.79. The Hall–Kier alpha value is -1.95. The van der Waals surface area contributed by atoms with E-state index in [0.29, 0.717) is 5.69 Å². The molecule has 1 aromatic heterocycles. The molecule has 1 N–H and O–H groups in total. The second kappa shape index (κ2) is 4.92. The lowest BCUT2D eigenvalue weighted by molar-refractivity contribution is 0.0691. The molecule has 4 nitrogen and oxygen atoms in total. The summed E-state index contributed by atoms with van der Waals surface area (Å²) in [7, 11) is 0. The molecule has 17 heavy (non-hydrogen) atoms. The second-order valence-corrected chi connectivity index (χ2v) is 3.93. The summed E-state index contributed by atoms with van der Waals surface area (Å²) in [5.41, 5.74) is 2.16. The molecule has 6 heteroatoms. The number of rotatable bonds is 4. The van der Waals surface area contributed by atoms with E-state index in [1.165, 1.54) is 17.4 Å². The topological polar surface area (TPSA) is 59.4 Å². The zero-order chi connectivity index (χ0) is 12.3. The molecule has 0 radical (unpaired) electrons. The maximum Gasteiger partial charge on any atom is 0.339 e. The van der Waals surface area contributed by atoms with Crippen molar-refractivity contribution in [3.63, 3.8) is 0 Å². The van der Waals surface area contributed by atoms with Crippen LogP contribution < -0.4 is 4.74 Å². The standard InChI is InChI=1S/C11H8FNO3S/c12-7-1-2-10(9(3-7)11(14)15)16-4-8-5-17-6-13-8/h1-3,5-6H,4H2,(H,14,15). The molecule has 1 heterocycles. The number of ether oxygens (including phenoxy) is 1. The summed E-state index contributed by atoms with van der Waals surface area (Å²) in [5.74, 6) is -1.70. The minimum Gasteiger partial charge on any atom is -0.486 e. The number of hydrogen-bond acceptors (Lipinski definition) is 4. The number of thiazole rings is 1. The number of carboxylic acid groups (broad SMARTS) is 1. The van der Waals surface area contributed by atoms with Gasteiger partial charge in [0.05, 0.1) is 11.2 Å². The summed E-state index contributed by atoms with van der Waals surface area (Å²) >= 11 is 1.42. The molecule has 0 aliphatic rings. The lowest BCUT2D eigenvalue weighted by Gasteiger charge is -2.07. The van der Waals surface area contributed by atoms with Crippen LogP contribution in [-0.4, -0.2) is 16.1 Å². The molecule has 88 valence electrons. The fraction of sp³-hybridized carbons (Fsp3) is 0.0909. The molecule has 0 fully saturated rings. The molecular formula is C11H8FNO3S. The van der Waals surface area contributed by atoms with E-state index in [4.69, 9.17) is 9.84 Å². The van der Waals surface area contributed by atoms with Crippen LogP contribution in [-0.2, 0) is 6.61 Å². The van der Waals surface area contributed by atoms with Crippen molar-refractivity contribution in [2.24, 2.45) is 0 Å². The van der Waals surface area contributed by atoms with E-state index in [9.17, 15) is 9.18 Å². The van der Waals surface area contributed by atoms with Crippen LogP contribution in [0.5, 0.6) is 5.75 Å². The van der Waals surface area contributed by atoms with Gasteiger partial charge in [-0.1, -0.05) is 0 Å². The van der Waals surface area contributed by atoms with Crippen LogP contribution >= 0.6 is 11.3 Å². The number of aromatic nitrogens is 1. The number of nitrogens with zero attached hydrogens (tertiary/aromatic N) is 1. The van der Waals surface area contributed by atoms with E-state index >= 15 is 0 Å². The van der Waals surface area contributed by atoms with Gasteiger partial charge in [-0.3, -0.25) is 0 Å². The zero-order valence-electron chi connectivity index (χ0n) is 8.59. The van der Waals surface area contributed by atoms with Gasteiger partial charge in [0.2, 0.25) is 0 Å². The lowest BCUT2D eigenvalue weighted by Crippen LogP contribution is -2.04. The Morgan fingerprint density at radius 1 is 1.53 bits per heavy atom. The molecule has 0 saturated heterocycles. The van der Waals surface area contributed by atoms with Crippen molar-refractivity contribution in [2.75, 3.05) is 0 Å². The van der Waals surface area contributed by atoms with Gasteiger partial charge in [-0.2, -0.15) is 0 Å². The van der Waals surface area contributed by atoms with Gasteiger partial charge in [0, 0.05) is 5.38 Å². The van der Waals surface area contributed by atoms with Crippen molar-refractivity contribution in [2.45, 2.75) is 6.61 Å². The molecule has 0 amide bonds. The number of aromatic carboxylic acids is 1. The predicted molar refractivity (Wildman–Crippen MR) is 59.8 cm³/mol. The molecule has 1 aromatic carbocycles. The fourth-order valence-electron chi connectivity index (χ4n) is 1.26. The molecule has 0 unspecified atom stereocenters. The van der Waals surface area contributed by atoms with Crippen LogP contribution in [0.2, 0.25) is 0 Å². The van der Waals surface area contributed by atoms with Crippen LogP contribution in [0.4, 0.5) is 4.39 Å². The van der Waals surface area contributed by atoms with E-state index in [-0.39, 0.29) is 17.9 Å². The molecule has 0 bridgehead atoms. The van der Waals surface area contributed by atoms with Crippen LogP contribution in [0, 0.1) is 5.82 Å². The van der Waals surface area contributed by atoms with Gasteiger partial charge in [0.15, 0.2) is 0 Å². The zero-order valence-corrected chi connectivity index (χ0v) is 9.41. The first kappa shape index (κ1) is 11.5. The highest BCUT2D eigenvalue weighted by Crippen LogP contribution is 2.20. The number of carboxylic acids is 1. The van der Waals surface area contributed by atoms with Crippen molar-refractivity contribution in [1.29, 1.82) is 0 Å². The highest BCUT2D eigenvalue weighted by molar-refractivity contribution is 7.07. The first-order valence-electron chi connectivity index (χ1n) is 4.69. The predicted octanol–water partition coefficient (Wildman–Crippen LogP) is 2.56. The first-order valence-corrected chi connectivity index (χ1v) is 5.64. The maximum absolute atomic E-state index is 12.9. The molecule has 0 atom stereocenters. The van der Waals surface area contributed by atoms with Crippen molar-refractivity contribution < 1.29 is 19.0 Å². The smallest absolute Gasteiger partial charge is 0.339 e. The van der Waals surface area contributed by atoms with Gasteiger partial charge in [-0.25, -0.2) is 14.2 Å². The largest absolute Gasteiger partial charge is 0.486 e. The highest BCUT2D eigenvalue weighted by atomic mass is 32.1. The molecule has 0 aliphatic heterocycles. The van der Waals surface area contributed by atoms with Gasteiger partial charge in [0.25, 0.3) is 0 Å². The van der Waals surface area contributed by atoms with E-state index in [1.54, 1.807) is 10.9 Å². The highest BCUT2D eigenvalue weighted by Gasteiger charge is 2.12. The first-order chi connectivity index (χ1) is 8.16. The fourth-order valence-corrected chi connectivity index (χ4v) is 1.80. The Labute approximate surface area is 100 Å². The van der Waals surface area contributed by atoms with Gasteiger partial charge in [-0.15, -0.1) is 11.3 Å². The van der Waals surface area contributed by atoms with Crippen molar-refractivity contribution in [3.05, 3.63) is 46.2 Å². The van der Waals surface area contributed by atoms with Crippen LogP contribution in [0.15, 0.2) is 29.1 Å². The Balaban J connectivity index is 2.17. The minimum atomic E-state index is -1.22. The summed E-state index contributed by atoms with van der Waals surface area (Å²) in [4.78, 5) is 14.9. The molecule has 0 spiro atoms. The Kier molecular flexibility index (Phi) is 3.34. The van der Waals surface area contributed by atoms with Gasteiger partial charge >= 0.3 is 5.97 Å². The summed E-state index contributed by atoms with van der Waals surface area (Å²) in [6.45, 7) is 0.162. The van der Waals surface area contributed by atoms with Crippen molar-refractivity contribution in [3.8, 4) is 5.75 Å². The summed E-state index contributed by atoms with van der Waals surface area (Å²) < 4.78 is 18.2. The molecular weight excluding hydrogens is 245 g/mol. The van der Waals surface area contributed by atoms with Crippen LogP contribution in [0.3, 0.4) is 0 Å². The SMILES string of the molecule is O=C(O)c1cc(F)ccc1OCc1cscn1. The molecule has 0 aliphatic carbocycles. The van der Waals surface area contributed by atoms with E-state index in [0.717, 1.165) is 12.1 Å². The second-order valence-electron chi connectivity index (χ2n) is 3.21. The number of halogens is 1. The Bertz CT molecular complexity index is 528. The van der Waals surface area contributed by atoms with Crippen molar-refractivity contribution >= 4 is 17.3 Å². The molecule has 0 saturated carbocycles. The van der Waals surface area contributed by atoms with Gasteiger partial charge in [0.1, 0.15) is 23.7 Å². The molecule has 2 aromatic rings. The number of hydrogen-bond donors (Lipinski definition) is 1.